The lowest BCUT2D eigenvalue weighted by atomic mass is 10.1. The minimum atomic E-state index is -0.198. The van der Waals surface area contributed by atoms with Crippen LogP contribution in [0, 0.1) is 5.92 Å². The number of nitrogens with zero attached hydrogens (tertiary/aromatic N) is 1. The molecule has 0 aliphatic heterocycles. The number of benzene rings is 1. The highest BCUT2D eigenvalue weighted by molar-refractivity contribution is 7.19. The van der Waals surface area contributed by atoms with Gasteiger partial charge in [0.1, 0.15) is 0 Å². The topological polar surface area (TPSA) is 71.1 Å². The van der Waals surface area contributed by atoms with E-state index < -0.39 is 0 Å². The predicted octanol–water partition coefficient (Wildman–Crippen LogP) is 4.12. The second-order valence-electron chi connectivity index (χ2n) is 6.38. The summed E-state index contributed by atoms with van der Waals surface area (Å²) in [5, 5.41) is 6.44. The number of halogens is 1. The van der Waals surface area contributed by atoms with Crippen molar-refractivity contribution in [3.8, 4) is 10.6 Å². The standard InChI is InChI=1S/C20H20ClN3O2S/c1-12(2)19(25)22-9-10-23-20(26)14-11-16(17-7-8-18(21)27-17)24-15-6-4-3-5-13(14)15/h3-8,11-12H,9-10H2,1-2H3,(H,22,25)(H,23,26). The number of pyridine rings is 1. The number of rotatable bonds is 6. The maximum atomic E-state index is 12.8. The average molecular weight is 402 g/mol. The summed E-state index contributed by atoms with van der Waals surface area (Å²) in [6, 6.07) is 13.0. The SMILES string of the molecule is CC(C)C(=O)NCCNC(=O)c1cc(-c2ccc(Cl)s2)nc2ccccc12. The first-order chi connectivity index (χ1) is 13.0. The van der Waals surface area contributed by atoms with Gasteiger partial charge < -0.3 is 10.6 Å². The fourth-order valence-corrected chi connectivity index (χ4v) is 3.61. The summed E-state index contributed by atoms with van der Waals surface area (Å²) in [6.07, 6.45) is 0. The molecular formula is C20H20ClN3O2S. The molecule has 140 valence electrons. The van der Waals surface area contributed by atoms with Crippen molar-refractivity contribution in [2.45, 2.75) is 13.8 Å². The lowest BCUT2D eigenvalue weighted by Gasteiger charge is -2.11. The van der Waals surface area contributed by atoms with Crippen LogP contribution in [-0.2, 0) is 4.79 Å². The second kappa shape index (κ2) is 8.50. The Morgan fingerprint density at radius 2 is 1.85 bits per heavy atom. The fraction of sp³-hybridized carbons (Fsp3) is 0.250. The maximum Gasteiger partial charge on any atom is 0.252 e. The molecule has 0 aliphatic rings. The van der Waals surface area contributed by atoms with Crippen molar-refractivity contribution in [2.75, 3.05) is 13.1 Å². The molecule has 27 heavy (non-hydrogen) atoms. The Hall–Kier alpha value is -2.44. The molecule has 0 radical (unpaired) electrons. The normalized spacial score (nSPS) is 11.0. The van der Waals surface area contributed by atoms with Crippen LogP contribution in [0.4, 0.5) is 0 Å². The van der Waals surface area contributed by atoms with Gasteiger partial charge in [0.2, 0.25) is 5.91 Å². The van der Waals surface area contributed by atoms with Crippen LogP contribution in [0.5, 0.6) is 0 Å². The number of thiophene rings is 1. The molecule has 2 aromatic heterocycles. The summed E-state index contributed by atoms with van der Waals surface area (Å²) in [4.78, 5) is 29.9. The zero-order valence-electron chi connectivity index (χ0n) is 15.1. The number of para-hydroxylation sites is 1. The first-order valence-electron chi connectivity index (χ1n) is 8.67. The van der Waals surface area contributed by atoms with E-state index in [0.29, 0.717) is 28.7 Å². The highest BCUT2D eigenvalue weighted by Crippen LogP contribution is 2.32. The van der Waals surface area contributed by atoms with E-state index in [4.69, 9.17) is 11.6 Å². The van der Waals surface area contributed by atoms with E-state index in [9.17, 15) is 9.59 Å². The highest BCUT2D eigenvalue weighted by atomic mass is 35.5. The van der Waals surface area contributed by atoms with Gasteiger partial charge in [-0.2, -0.15) is 0 Å². The Morgan fingerprint density at radius 3 is 2.56 bits per heavy atom. The van der Waals surface area contributed by atoms with Gasteiger partial charge in [0.25, 0.3) is 5.91 Å². The molecule has 7 heteroatoms. The quantitative estimate of drug-likeness (QED) is 0.610. The van der Waals surface area contributed by atoms with Gasteiger partial charge >= 0.3 is 0 Å². The number of carbonyl (C=O) groups is 2. The number of nitrogens with one attached hydrogen (secondary N) is 2. The van der Waals surface area contributed by atoms with Crippen molar-refractivity contribution in [1.82, 2.24) is 15.6 Å². The molecule has 3 rings (SSSR count). The van der Waals surface area contributed by atoms with Crippen molar-refractivity contribution in [3.63, 3.8) is 0 Å². The predicted molar refractivity (Wildman–Crippen MR) is 110 cm³/mol. The molecule has 0 spiro atoms. The average Bonchev–Trinajstić information content (AvgIpc) is 3.10. The lowest BCUT2D eigenvalue weighted by Crippen LogP contribution is -2.36. The van der Waals surface area contributed by atoms with Crippen LogP contribution < -0.4 is 10.6 Å². The minimum absolute atomic E-state index is 0.0320. The molecule has 0 unspecified atom stereocenters. The molecule has 2 amide bonds. The highest BCUT2D eigenvalue weighted by Gasteiger charge is 2.15. The molecule has 2 heterocycles. The molecule has 5 nitrogen and oxygen atoms in total. The summed E-state index contributed by atoms with van der Waals surface area (Å²) in [5.74, 6) is -0.309. The van der Waals surface area contributed by atoms with Crippen LogP contribution >= 0.6 is 22.9 Å². The van der Waals surface area contributed by atoms with E-state index in [2.05, 4.69) is 15.6 Å². The molecule has 0 aliphatic carbocycles. The number of fused-ring (bicyclic) bond motifs is 1. The number of amides is 2. The van der Waals surface area contributed by atoms with Crippen LogP contribution in [0.3, 0.4) is 0 Å². The Balaban J connectivity index is 1.82. The summed E-state index contributed by atoms with van der Waals surface area (Å²) >= 11 is 7.46. The Labute approximate surface area is 166 Å². The molecular weight excluding hydrogens is 382 g/mol. The van der Waals surface area contributed by atoms with E-state index in [-0.39, 0.29) is 17.7 Å². The molecule has 0 saturated heterocycles. The van der Waals surface area contributed by atoms with Crippen molar-refractivity contribution < 1.29 is 9.59 Å². The van der Waals surface area contributed by atoms with Crippen LogP contribution in [0.15, 0.2) is 42.5 Å². The number of hydrogen-bond donors (Lipinski definition) is 2. The summed E-state index contributed by atoms with van der Waals surface area (Å²) < 4.78 is 0.673. The van der Waals surface area contributed by atoms with E-state index in [1.807, 2.05) is 50.2 Å². The van der Waals surface area contributed by atoms with Crippen molar-refractivity contribution >= 4 is 45.7 Å². The number of hydrogen-bond acceptors (Lipinski definition) is 4. The smallest absolute Gasteiger partial charge is 0.252 e. The third-order valence-corrected chi connectivity index (χ3v) is 5.27. The number of aromatic nitrogens is 1. The van der Waals surface area contributed by atoms with Crippen LogP contribution in [-0.4, -0.2) is 29.9 Å². The van der Waals surface area contributed by atoms with E-state index >= 15 is 0 Å². The van der Waals surface area contributed by atoms with Gasteiger partial charge in [0.15, 0.2) is 0 Å². The first-order valence-corrected chi connectivity index (χ1v) is 9.86. The van der Waals surface area contributed by atoms with Gasteiger partial charge in [-0.15, -0.1) is 11.3 Å². The van der Waals surface area contributed by atoms with Crippen LogP contribution in [0.2, 0.25) is 4.34 Å². The minimum Gasteiger partial charge on any atom is -0.354 e. The second-order valence-corrected chi connectivity index (χ2v) is 8.09. The van der Waals surface area contributed by atoms with E-state index in [0.717, 1.165) is 15.8 Å². The molecule has 0 saturated carbocycles. The van der Waals surface area contributed by atoms with Gasteiger partial charge in [-0.05, 0) is 24.3 Å². The zero-order chi connectivity index (χ0) is 19.4. The maximum absolute atomic E-state index is 12.8. The van der Waals surface area contributed by atoms with Crippen LogP contribution in [0.25, 0.3) is 21.5 Å². The fourth-order valence-electron chi connectivity index (χ4n) is 2.60. The molecule has 0 bridgehead atoms. The molecule has 3 aromatic rings. The van der Waals surface area contributed by atoms with Gasteiger partial charge in [0.05, 0.1) is 26.0 Å². The monoisotopic (exact) mass is 401 g/mol. The van der Waals surface area contributed by atoms with Gasteiger partial charge in [0, 0.05) is 24.4 Å². The van der Waals surface area contributed by atoms with Crippen molar-refractivity contribution in [2.24, 2.45) is 5.92 Å². The third-order valence-electron chi connectivity index (χ3n) is 4.02. The van der Waals surface area contributed by atoms with Gasteiger partial charge in [-0.1, -0.05) is 43.6 Å². The van der Waals surface area contributed by atoms with Crippen molar-refractivity contribution in [1.29, 1.82) is 0 Å². The summed E-state index contributed by atoms with van der Waals surface area (Å²) in [7, 11) is 0. The first kappa shape index (κ1) is 19.3. The third kappa shape index (κ3) is 4.64. The lowest BCUT2D eigenvalue weighted by molar-refractivity contribution is -0.123. The Kier molecular flexibility index (Phi) is 6.08. The largest absolute Gasteiger partial charge is 0.354 e. The van der Waals surface area contributed by atoms with Crippen LogP contribution in [0.1, 0.15) is 24.2 Å². The zero-order valence-corrected chi connectivity index (χ0v) is 16.7. The van der Waals surface area contributed by atoms with Crippen molar-refractivity contribution in [3.05, 3.63) is 52.4 Å². The Bertz CT molecular complexity index is 984. The van der Waals surface area contributed by atoms with E-state index in [1.54, 1.807) is 6.07 Å². The molecule has 0 fully saturated rings. The molecule has 1 aromatic carbocycles. The van der Waals surface area contributed by atoms with E-state index in [1.165, 1.54) is 11.3 Å². The Morgan fingerprint density at radius 1 is 1.11 bits per heavy atom. The van der Waals surface area contributed by atoms with Gasteiger partial charge in [-0.25, -0.2) is 4.98 Å². The van der Waals surface area contributed by atoms with Gasteiger partial charge in [-0.3, -0.25) is 9.59 Å². The molecule has 0 atom stereocenters. The summed E-state index contributed by atoms with van der Waals surface area (Å²) in [5.41, 5.74) is 2.01. The molecule has 2 N–H and O–H groups in total. The summed E-state index contributed by atoms with van der Waals surface area (Å²) in [6.45, 7) is 4.40. The number of carbonyl (C=O) groups excluding carboxylic acids is 2.